The van der Waals surface area contributed by atoms with Gasteiger partial charge in [-0.15, -0.1) is 0 Å². The fourth-order valence-electron chi connectivity index (χ4n) is 5.80. The molecule has 1 aliphatic rings. The summed E-state index contributed by atoms with van der Waals surface area (Å²) in [5, 5.41) is 4.54. The van der Waals surface area contributed by atoms with E-state index in [-0.39, 0.29) is 22.9 Å². The van der Waals surface area contributed by atoms with Gasteiger partial charge >= 0.3 is 5.97 Å². The highest BCUT2D eigenvalue weighted by atomic mass is 32.2. The van der Waals surface area contributed by atoms with E-state index >= 15 is 0 Å². The molecule has 5 rings (SSSR count). The third-order valence-electron chi connectivity index (χ3n) is 7.41. The summed E-state index contributed by atoms with van der Waals surface area (Å²) in [6, 6.07) is 32.0. The number of aromatic nitrogens is 2. The Kier molecular flexibility index (Phi) is 9.17. The van der Waals surface area contributed by atoms with Crippen LogP contribution in [0.5, 0.6) is 0 Å². The van der Waals surface area contributed by atoms with Gasteiger partial charge in [0, 0.05) is 37.0 Å². The predicted octanol–water partition coefficient (Wildman–Crippen LogP) is 6.18. The number of nitrogens with zero attached hydrogens (tertiary/aromatic N) is 3. The average molecular weight is 566 g/mol. The molecule has 0 spiro atoms. The summed E-state index contributed by atoms with van der Waals surface area (Å²) in [7, 11) is 0. The highest BCUT2D eigenvalue weighted by Crippen LogP contribution is 2.45. The topological polar surface area (TPSA) is 64.4 Å². The Hall–Kier alpha value is -3.94. The summed E-state index contributed by atoms with van der Waals surface area (Å²) in [4.78, 5) is 26.8. The van der Waals surface area contributed by atoms with Crippen molar-refractivity contribution in [2.24, 2.45) is 0 Å². The number of piperidine rings is 1. The smallest absolute Gasteiger partial charge is 0.327 e. The Morgan fingerprint density at radius 2 is 1.51 bits per heavy atom. The lowest BCUT2D eigenvalue weighted by molar-refractivity contribution is -0.144. The molecular weight excluding hydrogens is 530 g/mol. The van der Waals surface area contributed by atoms with Gasteiger partial charge in [0.15, 0.2) is 5.12 Å². The van der Waals surface area contributed by atoms with Gasteiger partial charge in [0.05, 0.1) is 18.3 Å². The van der Waals surface area contributed by atoms with Gasteiger partial charge in [-0.25, -0.2) is 0 Å². The van der Waals surface area contributed by atoms with E-state index < -0.39 is 5.54 Å². The van der Waals surface area contributed by atoms with Gasteiger partial charge in [-0.3, -0.25) is 19.2 Å². The molecule has 2 heterocycles. The molecule has 210 valence electrons. The van der Waals surface area contributed by atoms with Crippen molar-refractivity contribution < 1.29 is 14.3 Å². The van der Waals surface area contributed by atoms with Gasteiger partial charge < -0.3 is 4.74 Å². The molecule has 0 radical (unpaired) electrons. The van der Waals surface area contributed by atoms with Gasteiger partial charge in [0.2, 0.25) is 0 Å². The van der Waals surface area contributed by atoms with E-state index in [9.17, 15) is 9.59 Å². The van der Waals surface area contributed by atoms with E-state index in [1.165, 1.54) is 28.5 Å². The molecule has 1 saturated heterocycles. The second-order valence-corrected chi connectivity index (χ2v) is 11.5. The van der Waals surface area contributed by atoms with Crippen LogP contribution in [0.25, 0.3) is 6.08 Å². The molecular formula is C34H35N3O3S. The number of hydrogen-bond acceptors (Lipinski definition) is 6. The predicted molar refractivity (Wildman–Crippen MR) is 164 cm³/mol. The van der Waals surface area contributed by atoms with Gasteiger partial charge in [0.1, 0.15) is 6.54 Å². The van der Waals surface area contributed by atoms with Crippen LogP contribution in [0.1, 0.15) is 42.5 Å². The summed E-state index contributed by atoms with van der Waals surface area (Å²) >= 11 is 1.39. The molecule has 1 aliphatic heterocycles. The Bertz CT molecular complexity index is 1390. The molecule has 4 aromatic rings. The average Bonchev–Trinajstić information content (AvgIpc) is 3.42. The Morgan fingerprint density at radius 1 is 0.951 bits per heavy atom. The number of hydrogen-bond donors (Lipinski definition) is 0. The first-order valence-electron chi connectivity index (χ1n) is 14.0. The zero-order chi connectivity index (χ0) is 28.7. The summed E-state index contributed by atoms with van der Waals surface area (Å²) in [5.74, 6) is -0.318. The lowest BCUT2D eigenvalue weighted by atomic mass is 9.74. The zero-order valence-corrected chi connectivity index (χ0v) is 24.3. The minimum atomic E-state index is -0.539. The molecule has 0 amide bonds. The van der Waals surface area contributed by atoms with Crippen molar-refractivity contribution in [3.63, 3.8) is 0 Å². The van der Waals surface area contributed by atoms with Crippen LogP contribution in [0.4, 0.5) is 0 Å². The molecule has 0 N–H and O–H groups in total. The van der Waals surface area contributed by atoms with E-state index in [0.717, 1.165) is 24.1 Å². The van der Waals surface area contributed by atoms with Crippen LogP contribution in [0.2, 0.25) is 0 Å². The SMILES string of the molecule is CCOC(=O)Cn1cc(/C=C2/CN(C(c3ccccc3)(c3ccccc3)c3ccccc3)CCC2SC(C)=O)cn1. The molecule has 1 aromatic heterocycles. The number of thioether (sulfide) groups is 1. The van der Waals surface area contributed by atoms with Crippen LogP contribution in [-0.4, -0.2) is 50.7 Å². The summed E-state index contributed by atoms with van der Waals surface area (Å²) in [5.41, 5.74) is 5.08. The molecule has 6 nitrogen and oxygen atoms in total. The minimum absolute atomic E-state index is 0.0529. The Balaban J connectivity index is 1.60. The fraction of sp³-hybridized carbons (Fsp3) is 0.265. The first kappa shape index (κ1) is 28.6. The van der Waals surface area contributed by atoms with Crippen molar-refractivity contribution >= 4 is 28.9 Å². The van der Waals surface area contributed by atoms with E-state index in [2.05, 4.69) is 107 Å². The first-order valence-corrected chi connectivity index (χ1v) is 14.9. The van der Waals surface area contributed by atoms with Crippen LogP contribution < -0.4 is 0 Å². The summed E-state index contributed by atoms with van der Waals surface area (Å²) < 4.78 is 6.68. The number of carbonyl (C=O) groups excluding carboxylic acids is 2. The Labute approximate surface area is 246 Å². The van der Waals surface area contributed by atoms with Crippen molar-refractivity contribution in [2.45, 2.75) is 37.6 Å². The molecule has 41 heavy (non-hydrogen) atoms. The van der Waals surface area contributed by atoms with Gasteiger partial charge in [-0.05, 0) is 35.6 Å². The van der Waals surface area contributed by atoms with Crippen LogP contribution >= 0.6 is 11.8 Å². The number of esters is 1. The molecule has 0 bridgehead atoms. The molecule has 1 atom stereocenters. The maximum atomic E-state index is 12.3. The van der Waals surface area contributed by atoms with E-state index in [1.54, 1.807) is 24.7 Å². The molecule has 0 saturated carbocycles. The number of carbonyl (C=O) groups is 2. The van der Waals surface area contributed by atoms with Crippen LogP contribution in [0, 0.1) is 0 Å². The lowest BCUT2D eigenvalue weighted by Crippen LogP contribution is -2.52. The van der Waals surface area contributed by atoms with E-state index in [1.807, 2.05) is 6.20 Å². The van der Waals surface area contributed by atoms with Gasteiger partial charge in [-0.2, -0.15) is 5.10 Å². The van der Waals surface area contributed by atoms with Gasteiger partial charge in [-0.1, -0.05) is 109 Å². The monoisotopic (exact) mass is 565 g/mol. The molecule has 7 heteroatoms. The highest BCUT2D eigenvalue weighted by Gasteiger charge is 2.44. The Morgan fingerprint density at radius 3 is 2.02 bits per heavy atom. The second-order valence-electron chi connectivity index (χ2n) is 10.1. The number of benzene rings is 3. The third kappa shape index (κ3) is 6.37. The second kappa shape index (κ2) is 13.1. The van der Waals surface area contributed by atoms with Crippen molar-refractivity contribution in [2.75, 3.05) is 19.7 Å². The fourth-order valence-corrected chi connectivity index (χ4v) is 6.72. The minimum Gasteiger partial charge on any atom is -0.465 e. The van der Waals surface area contributed by atoms with Gasteiger partial charge in [0.25, 0.3) is 0 Å². The number of likely N-dealkylation sites (tertiary alicyclic amines) is 1. The molecule has 1 unspecified atom stereocenters. The zero-order valence-electron chi connectivity index (χ0n) is 23.5. The van der Waals surface area contributed by atoms with Crippen LogP contribution in [0.3, 0.4) is 0 Å². The normalized spacial score (nSPS) is 16.9. The van der Waals surface area contributed by atoms with Crippen molar-refractivity contribution in [3.8, 4) is 0 Å². The maximum absolute atomic E-state index is 12.3. The van der Waals surface area contributed by atoms with Crippen LogP contribution in [-0.2, 0) is 26.4 Å². The first-order chi connectivity index (χ1) is 20.0. The third-order valence-corrected chi connectivity index (χ3v) is 8.56. The van der Waals surface area contributed by atoms with Crippen LogP contribution in [0.15, 0.2) is 109 Å². The highest BCUT2D eigenvalue weighted by molar-refractivity contribution is 8.14. The van der Waals surface area contributed by atoms with Crippen molar-refractivity contribution in [1.29, 1.82) is 0 Å². The number of rotatable bonds is 9. The van der Waals surface area contributed by atoms with E-state index in [4.69, 9.17) is 4.74 Å². The van der Waals surface area contributed by atoms with E-state index in [0.29, 0.717) is 13.2 Å². The van der Waals surface area contributed by atoms with Crippen molar-refractivity contribution in [3.05, 3.63) is 131 Å². The van der Waals surface area contributed by atoms with Crippen molar-refractivity contribution in [1.82, 2.24) is 14.7 Å². The summed E-state index contributed by atoms with van der Waals surface area (Å²) in [6.07, 6.45) is 6.57. The number of ether oxygens (including phenoxy) is 1. The maximum Gasteiger partial charge on any atom is 0.327 e. The quantitative estimate of drug-likeness (QED) is 0.179. The lowest BCUT2D eigenvalue weighted by Gasteiger charge is -2.49. The largest absolute Gasteiger partial charge is 0.465 e. The standard InChI is InChI=1S/C34H35N3O3S/c1-3-40-33(39)25-37-23-27(22-35-37)21-28-24-36(20-19-32(28)41-26(2)38)34(29-13-7-4-8-14-29,30-15-9-5-10-16-30)31-17-11-6-12-18-31/h4-18,21-23,32H,3,19-20,24-25H2,1-2H3/b28-21-. The molecule has 0 aliphatic carbocycles. The summed E-state index contributed by atoms with van der Waals surface area (Å²) in [6.45, 7) is 5.29. The molecule has 3 aromatic carbocycles. The molecule has 1 fully saturated rings.